The summed E-state index contributed by atoms with van der Waals surface area (Å²) in [5.41, 5.74) is 0.725. The van der Waals surface area contributed by atoms with Crippen molar-refractivity contribution < 1.29 is 34.5 Å². The van der Waals surface area contributed by atoms with E-state index in [9.17, 15) is 24.3 Å². The largest absolute Gasteiger partial charge is 0.481 e. The Kier molecular flexibility index (Phi) is 9.21. The summed E-state index contributed by atoms with van der Waals surface area (Å²) in [5.74, 6) is -3.85. The van der Waals surface area contributed by atoms with Crippen molar-refractivity contribution in [3.05, 3.63) is 11.9 Å². The minimum absolute atomic E-state index is 0.123. The van der Waals surface area contributed by atoms with Crippen LogP contribution in [0.1, 0.15) is 58.6 Å². The van der Waals surface area contributed by atoms with E-state index in [-0.39, 0.29) is 18.3 Å². The summed E-state index contributed by atoms with van der Waals surface area (Å²) in [6, 6.07) is -3.62. The fraction of sp³-hybridized carbons (Fsp3) is 0.667. The first kappa shape index (κ1) is 24.9. The van der Waals surface area contributed by atoms with Crippen LogP contribution in [0.4, 0.5) is 4.79 Å². The van der Waals surface area contributed by atoms with Gasteiger partial charge in [0.05, 0.1) is 5.69 Å². The van der Waals surface area contributed by atoms with Crippen LogP contribution in [-0.4, -0.2) is 66.3 Å². The van der Waals surface area contributed by atoms with Gasteiger partial charge in [0.2, 0.25) is 0 Å². The van der Waals surface area contributed by atoms with Crippen molar-refractivity contribution in [2.45, 2.75) is 76.9 Å². The van der Waals surface area contributed by atoms with Gasteiger partial charge in [-0.25, -0.2) is 14.4 Å². The van der Waals surface area contributed by atoms with Gasteiger partial charge in [-0.1, -0.05) is 26.0 Å². The van der Waals surface area contributed by atoms with Gasteiger partial charge in [-0.05, 0) is 25.7 Å². The maximum Gasteiger partial charge on any atom is 0.326 e. The molecule has 0 bridgehead atoms. The molecule has 2 atom stereocenters. The minimum atomic E-state index is -1.43. The normalized spacial score (nSPS) is 13.3. The smallest absolute Gasteiger partial charge is 0.326 e. The van der Waals surface area contributed by atoms with E-state index in [1.165, 1.54) is 0 Å². The minimum Gasteiger partial charge on any atom is -0.481 e. The molecule has 5 N–H and O–H groups in total. The van der Waals surface area contributed by atoms with Crippen LogP contribution in [0, 0.1) is 0 Å². The third-order valence-corrected chi connectivity index (χ3v) is 4.29. The third-order valence-electron chi connectivity index (χ3n) is 4.29. The number of unbranched alkanes of at least 4 members (excludes halogenated alkanes) is 1. The predicted octanol–water partition coefficient (Wildman–Crippen LogP) is 0.816. The monoisotopic (exact) mass is 427 g/mol. The Morgan fingerprint density at radius 3 is 2.03 bits per heavy atom. The number of rotatable bonds is 12. The third kappa shape index (κ3) is 8.88. The molecule has 12 nitrogen and oxygen atoms in total. The zero-order valence-electron chi connectivity index (χ0n) is 17.3. The van der Waals surface area contributed by atoms with Crippen LogP contribution in [0.25, 0.3) is 0 Å². The number of nitrogens with one attached hydrogen (secondary N) is 2. The highest BCUT2D eigenvalue weighted by molar-refractivity contribution is 5.86. The number of carboxylic acids is 3. The van der Waals surface area contributed by atoms with Crippen molar-refractivity contribution in [3.63, 3.8) is 0 Å². The first-order valence-electron chi connectivity index (χ1n) is 9.55. The number of hydrogen-bond acceptors (Lipinski definition) is 6. The van der Waals surface area contributed by atoms with Gasteiger partial charge in [0.1, 0.15) is 12.1 Å². The Balaban J connectivity index is 2.48. The van der Waals surface area contributed by atoms with E-state index in [4.69, 9.17) is 10.2 Å². The summed E-state index contributed by atoms with van der Waals surface area (Å²) >= 11 is 0. The number of amides is 2. The molecule has 30 heavy (non-hydrogen) atoms. The summed E-state index contributed by atoms with van der Waals surface area (Å²) < 4.78 is 1.68. The molecule has 1 rings (SSSR count). The molecular weight excluding hydrogens is 398 g/mol. The van der Waals surface area contributed by atoms with E-state index in [2.05, 4.69) is 20.9 Å². The average molecular weight is 427 g/mol. The molecule has 1 heterocycles. The Hall–Kier alpha value is -3.18. The highest BCUT2D eigenvalue weighted by Gasteiger charge is 2.24. The molecule has 1 aromatic rings. The van der Waals surface area contributed by atoms with E-state index < -0.39 is 42.4 Å². The van der Waals surface area contributed by atoms with Gasteiger partial charge in [0.25, 0.3) is 0 Å². The number of aromatic nitrogens is 3. The molecule has 0 aliphatic rings. The highest BCUT2D eigenvalue weighted by atomic mass is 16.4. The van der Waals surface area contributed by atoms with Crippen molar-refractivity contribution in [2.75, 3.05) is 0 Å². The van der Waals surface area contributed by atoms with E-state index in [0.717, 1.165) is 5.69 Å². The topological polar surface area (TPSA) is 184 Å². The Bertz CT molecular complexity index is 756. The van der Waals surface area contributed by atoms with Gasteiger partial charge in [-0.15, -0.1) is 5.10 Å². The number of carbonyl (C=O) groups is 4. The predicted molar refractivity (Wildman–Crippen MR) is 104 cm³/mol. The lowest BCUT2D eigenvalue weighted by molar-refractivity contribution is -0.140. The van der Waals surface area contributed by atoms with E-state index in [1.54, 1.807) is 4.68 Å². The van der Waals surface area contributed by atoms with Gasteiger partial charge in [0, 0.05) is 24.6 Å². The van der Waals surface area contributed by atoms with Crippen LogP contribution in [0.15, 0.2) is 6.20 Å². The quantitative estimate of drug-likeness (QED) is 0.301. The first-order valence-corrected chi connectivity index (χ1v) is 9.55. The molecule has 12 heteroatoms. The van der Waals surface area contributed by atoms with Gasteiger partial charge >= 0.3 is 23.9 Å². The van der Waals surface area contributed by atoms with Gasteiger partial charge in [-0.2, -0.15) is 0 Å². The van der Waals surface area contributed by atoms with Crippen molar-refractivity contribution >= 4 is 23.9 Å². The standard InChI is InChI=1S/C18H29N5O7/c1-18(2,3)13-10-23(22-21-13)9-5-4-6-11(15(26)27)19-17(30)20-12(16(28)29)7-8-14(24)25/h10-12H,4-9H2,1-3H3,(H,24,25)(H,26,27)(H,28,29)(H2,19,20,30)/t11-,12+/m0/s1. The van der Waals surface area contributed by atoms with E-state index in [0.29, 0.717) is 19.4 Å². The molecule has 0 unspecified atom stereocenters. The first-order chi connectivity index (χ1) is 13.9. The van der Waals surface area contributed by atoms with E-state index >= 15 is 0 Å². The second kappa shape index (κ2) is 11.1. The molecule has 1 aromatic heterocycles. The average Bonchev–Trinajstić information content (AvgIpc) is 3.09. The van der Waals surface area contributed by atoms with Gasteiger partial charge in [-0.3, -0.25) is 9.48 Å². The SMILES string of the molecule is CC(C)(C)c1cn(CCCC[C@H](NC(=O)N[C@H](CCC(=O)O)C(=O)O)C(=O)O)nn1. The lowest BCUT2D eigenvalue weighted by Crippen LogP contribution is -2.51. The Morgan fingerprint density at radius 1 is 1.00 bits per heavy atom. The highest BCUT2D eigenvalue weighted by Crippen LogP contribution is 2.18. The number of urea groups is 1. The maximum atomic E-state index is 11.9. The fourth-order valence-electron chi connectivity index (χ4n) is 2.51. The number of aryl methyl sites for hydroxylation is 1. The second-order valence-corrected chi connectivity index (χ2v) is 7.94. The number of nitrogens with zero attached hydrogens (tertiary/aromatic N) is 3. The summed E-state index contributed by atoms with van der Waals surface area (Å²) in [4.78, 5) is 45.0. The van der Waals surface area contributed by atoms with Crippen LogP contribution in [0.5, 0.6) is 0 Å². The van der Waals surface area contributed by atoms with Crippen molar-refractivity contribution in [3.8, 4) is 0 Å². The summed E-state index contributed by atoms with van der Waals surface area (Å²) in [5, 5.41) is 39.4. The lowest BCUT2D eigenvalue weighted by atomic mass is 9.93. The fourth-order valence-corrected chi connectivity index (χ4v) is 2.51. The zero-order valence-corrected chi connectivity index (χ0v) is 17.3. The summed E-state index contributed by atoms with van der Waals surface area (Å²) in [6.45, 7) is 6.60. The van der Waals surface area contributed by atoms with Crippen LogP contribution in [0.3, 0.4) is 0 Å². The maximum absolute atomic E-state index is 11.9. The molecule has 2 amide bonds. The van der Waals surface area contributed by atoms with Crippen molar-refractivity contribution in [2.24, 2.45) is 0 Å². The number of aliphatic carboxylic acids is 3. The molecular formula is C18H29N5O7. The van der Waals surface area contributed by atoms with Gasteiger partial charge in [0.15, 0.2) is 0 Å². The number of hydrogen-bond donors (Lipinski definition) is 5. The molecule has 0 saturated heterocycles. The van der Waals surface area contributed by atoms with Crippen LogP contribution in [0.2, 0.25) is 0 Å². The molecule has 0 spiro atoms. The molecule has 0 radical (unpaired) electrons. The van der Waals surface area contributed by atoms with E-state index in [1.807, 2.05) is 27.0 Å². The van der Waals surface area contributed by atoms with Crippen LogP contribution < -0.4 is 10.6 Å². The summed E-state index contributed by atoms with van der Waals surface area (Å²) in [6.07, 6.45) is 2.29. The molecule has 0 aliphatic carbocycles. The molecule has 0 fully saturated rings. The zero-order chi connectivity index (χ0) is 22.9. The molecule has 0 saturated carbocycles. The summed E-state index contributed by atoms with van der Waals surface area (Å²) in [7, 11) is 0. The molecule has 168 valence electrons. The van der Waals surface area contributed by atoms with Crippen LogP contribution >= 0.6 is 0 Å². The second-order valence-electron chi connectivity index (χ2n) is 7.94. The van der Waals surface area contributed by atoms with Crippen LogP contribution in [-0.2, 0) is 26.3 Å². The van der Waals surface area contributed by atoms with Gasteiger partial charge < -0.3 is 26.0 Å². The molecule has 0 aliphatic heterocycles. The molecule has 0 aromatic carbocycles. The van der Waals surface area contributed by atoms with Crippen molar-refractivity contribution in [1.29, 1.82) is 0 Å². The number of carboxylic acid groups (broad SMARTS) is 3. The Labute approximate surface area is 173 Å². The Morgan fingerprint density at radius 2 is 1.57 bits per heavy atom. The van der Waals surface area contributed by atoms with Crippen molar-refractivity contribution in [1.82, 2.24) is 25.6 Å². The lowest BCUT2D eigenvalue weighted by Gasteiger charge is -2.18. The number of carbonyl (C=O) groups excluding carboxylic acids is 1.